The number of aryl methyl sites for hydroxylation is 1. The van der Waals surface area contributed by atoms with Crippen LogP contribution < -0.4 is 14.8 Å². The predicted octanol–water partition coefficient (Wildman–Crippen LogP) is 2.55. The van der Waals surface area contributed by atoms with E-state index in [1.54, 1.807) is 14.2 Å². The molecule has 0 unspecified atom stereocenters. The van der Waals surface area contributed by atoms with Gasteiger partial charge in [0, 0.05) is 6.04 Å². The van der Waals surface area contributed by atoms with Crippen LogP contribution in [0.4, 0.5) is 0 Å². The SMILES string of the molecule is CCN[C@@H](C)Cc1cc(OC)c(C)cc1OC. The molecule has 0 aliphatic heterocycles. The smallest absolute Gasteiger partial charge is 0.122 e. The second-order valence-electron chi connectivity index (χ2n) is 4.30. The highest BCUT2D eigenvalue weighted by atomic mass is 16.5. The standard InChI is InChI=1S/C14H23NO2/c1-6-15-11(3)8-12-9-13(16-4)10(2)7-14(12)17-5/h7,9,11,15H,6,8H2,1-5H3/t11-/m0/s1. The Hall–Kier alpha value is -1.22. The molecule has 96 valence electrons. The van der Waals surface area contributed by atoms with Crippen molar-refractivity contribution in [1.82, 2.24) is 5.32 Å². The Balaban J connectivity index is 2.95. The van der Waals surface area contributed by atoms with Crippen LogP contribution in [0.25, 0.3) is 0 Å². The summed E-state index contributed by atoms with van der Waals surface area (Å²) >= 11 is 0. The molecule has 1 rings (SSSR count). The van der Waals surface area contributed by atoms with Crippen molar-refractivity contribution in [2.45, 2.75) is 33.2 Å². The maximum atomic E-state index is 5.42. The fourth-order valence-electron chi connectivity index (χ4n) is 2.02. The first-order valence-corrected chi connectivity index (χ1v) is 6.07. The van der Waals surface area contributed by atoms with Gasteiger partial charge in [0.15, 0.2) is 0 Å². The van der Waals surface area contributed by atoms with Crippen molar-refractivity contribution in [2.24, 2.45) is 0 Å². The summed E-state index contributed by atoms with van der Waals surface area (Å²) in [5.41, 5.74) is 2.28. The van der Waals surface area contributed by atoms with Gasteiger partial charge in [-0.3, -0.25) is 0 Å². The average molecular weight is 237 g/mol. The number of rotatable bonds is 6. The zero-order chi connectivity index (χ0) is 12.8. The number of ether oxygens (including phenoxy) is 2. The fraction of sp³-hybridized carbons (Fsp3) is 0.571. The maximum Gasteiger partial charge on any atom is 0.122 e. The number of benzene rings is 1. The Morgan fingerprint density at radius 2 is 1.82 bits per heavy atom. The first-order chi connectivity index (χ1) is 8.12. The predicted molar refractivity (Wildman–Crippen MR) is 71.1 cm³/mol. The van der Waals surface area contributed by atoms with Gasteiger partial charge in [0.05, 0.1) is 14.2 Å². The summed E-state index contributed by atoms with van der Waals surface area (Å²) < 4.78 is 10.8. The van der Waals surface area contributed by atoms with Gasteiger partial charge in [0.2, 0.25) is 0 Å². The normalized spacial score (nSPS) is 12.3. The Morgan fingerprint density at radius 1 is 1.18 bits per heavy atom. The molecule has 0 aliphatic carbocycles. The Labute approximate surface area is 104 Å². The lowest BCUT2D eigenvalue weighted by atomic mass is 10.0. The number of hydrogen-bond acceptors (Lipinski definition) is 3. The monoisotopic (exact) mass is 237 g/mol. The summed E-state index contributed by atoms with van der Waals surface area (Å²) in [5, 5.41) is 3.40. The molecular weight excluding hydrogens is 214 g/mol. The van der Waals surface area contributed by atoms with Crippen LogP contribution in [0.15, 0.2) is 12.1 Å². The molecule has 1 atom stereocenters. The zero-order valence-electron chi connectivity index (χ0n) is 11.5. The number of methoxy groups -OCH3 is 2. The summed E-state index contributed by atoms with van der Waals surface area (Å²) in [6.45, 7) is 7.30. The molecule has 0 amide bonds. The first kappa shape index (κ1) is 13.8. The van der Waals surface area contributed by atoms with Crippen LogP contribution in [0.3, 0.4) is 0 Å². The molecule has 0 heterocycles. The molecule has 0 saturated carbocycles. The topological polar surface area (TPSA) is 30.5 Å². The van der Waals surface area contributed by atoms with Gasteiger partial charge in [0.1, 0.15) is 11.5 Å². The molecule has 0 fully saturated rings. The number of nitrogens with one attached hydrogen (secondary N) is 1. The van der Waals surface area contributed by atoms with E-state index in [1.165, 1.54) is 5.56 Å². The maximum absolute atomic E-state index is 5.42. The third kappa shape index (κ3) is 3.63. The molecule has 1 aromatic carbocycles. The van der Waals surface area contributed by atoms with Gasteiger partial charge in [-0.1, -0.05) is 6.92 Å². The molecule has 0 spiro atoms. The lowest BCUT2D eigenvalue weighted by Crippen LogP contribution is -2.27. The van der Waals surface area contributed by atoms with Gasteiger partial charge < -0.3 is 14.8 Å². The van der Waals surface area contributed by atoms with Gasteiger partial charge in [0.25, 0.3) is 0 Å². The summed E-state index contributed by atoms with van der Waals surface area (Å²) in [7, 11) is 3.41. The third-order valence-electron chi connectivity index (χ3n) is 2.88. The lowest BCUT2D eigenvalue weighted by molar-refractivity contribution is 0.394. The van der Waals surface area contributed by atoms with Crippen LogP contribution >= 0.6 is 0 Å². The van der Waals surface area contributed by atoms with Crippen molar-refractivity contribution in [2.75, 3.05) is 20.8 Å². The molecule has 0 bridgehead atoms. The van der Waals surface area contributed by atoms with Crippen molar-refractivity contribution >= 4 is 0 Å². The summed E-state index contributed by atoms with van der Waals surface area (Å²) in [6.07, 6.45) is 0.938. The van der Waals surface area contributed by atoms with Crippen molar-refractivity contribution in [3.63, 3.8) is 0 Å². The van der Waals surface area contributed by atoms with E-state index in [4.69, 9.17) is 9.47 Å². The van der Waals surface area contributed by atoms with E-state index >= 15 is 0 Å². The highest BCUT2D eigenvalue weighted by Gasteiger charge is 2.11. The van der Waals surface area contributed by atoms with Crippen LogP contribution in [-0.4, -0.2) is 26.8 Å². The van der Waals surface area contributed by atoms with E-state index in [1.807, 2.05) is 13.0 Å². The molecule has 0 radical (unpaired) electrons. The van der Waals surface area contributed by atoms with Crippen molar-refractivity contribution < 1.29 is 9.47 Å². The second-order valence-corrected chi connectivity index (χ2v) is 4.30. The highest BCUT2D eigenvalue weighted by Crippen LogP contribution is 2.29. The van der Waals surface area contributed by atoms with E-state index in [0.29, 0.717) is 6.04 Å². The van der Waals surface area contributed by atoms with Crippen LogP contribution in [0, 0.1) is 6.92 Å². The largest absolute Gasteiger partial charge is 0.496 e. The van der Waals surface area contributed by atoms with Crippen molar-refractivity contribution in [1.29, 1.82) is 0 Å². The van der Waals surface area contributed by atoms with Gasteiger partial charge in [-0.25, -0.2) is 0 Å². The minimum atomic E-state index is 0.432. The number of likely N-dealkylation sites (N-methyl/N-ethyl adjacent to an activating group) is 1. The van der Waals surface area contributed by atoms with Crippen molar-refractivity contribution in [3.05, 3.63) is 23.3 Å². The molecule has 0 aromatic heterocycles. The molecule has 0 aliphatic rings. The second kappa shape index (κ2) is 6.50. The first-order valence-electron chi connectivity index (χ1n) is 6.07. The van der Waals surface area contributed by atoms with Gasteiger partial charge in [-0.15, -0.1) is 0 Å². The summed E-state index contributed by atoms with van der Waals surface area (Å²) in [5.74, 6) is 1.86. The molecule has 0 saturated heterocycles. The van der Waals surface area contributed by atoms with Gasteiger partial charge >= 0.3 is 0 Å². The summed E-state index contributed by atoms with van der Waals surface area (Å²) in [6, 6.07) is 4.54. The zero-order valence-corrected chi connectivity index (χ0v) is 11.5. The van der Waals surface area contributed by atoms with E-state index in [0.717, 1.165) is 30.0 Å². The van der Waals surface area contributed by atoms with Crippen molar-refractivity contribution in [3.8, 4) is 11.5 Å². The lowest BCUT2D eigenvalue weighted by Gasteiger charge is -2.17. The van der Waals surface area contributed by atoms with Crippen LogP contribution in [0.2, 0.25) is 0 Å². The number of hydrogen-bond donors (Lipinski definition) is 1. The van der Waals surface area contributed by atoms with E-state index in [9.17, 15) is 0 Å². The molecule has 3 heteroatoms. The Morgan fingerprint density at radius 3 is 2.35 bits per heavy atom. The summed E-state index contributed by atoms with van der Waals surface area (Å²) in [4.78, 5) is 0. The van der Waals surface area contributed by atoms with Crippen LogP contribution in [0.1, 0.15) is 25.0 Å². The van der Waals surface area contributed by atoms with Gasteiger partial charge in [-0.05, 0) is 50.1 Å². The van der Waals surface area contributed by atoms with E-state index < -0.39 is 0 Å². The molecule has 1 N–H and O–H groups in total. The Bertz CT molecular complexity index is 363. The van der Waals surface area contributed by atoms with Gasteiger partial charge in [-0.2, -0.15) is 0 Å². The minimum Gasteiger partial charge on any atom is -0.496 e. The van der Waals surface area contributed by atoms with E-state index in [2.05, 4.69) is 25.2 Å². The molecule has 17 heavy (non-hydrogen) atoms. The fourth-order valence-corrected chi connectivity index (χ4v) is 2.02. The molecule has 3 nitrogen and oxygen atoms in total. The quantitative estimate of drug-likeness (QED) is 0.825. The molecular formula is C14H23NO2. The van der Waals surface area contributed by atoms with Crippen LogP contribution in [-0.2, 0) is 6.42 Å². The van der Waals surface area contributed by atoms with E-state index in [-0.39, 0.29) is 0 Å². The third-order valence-corrected chi connectivity index (χ3v) is 2.88. The minimum absolute atomic E-state index is 0.432. The average Bonchev–Trinajstić information content (AvgIpc) is 2.31. The molecule has 1 aromatic rings. The van der Waals surface area contributed by atoms with Crippen LogP contribution in [0.5, 0.6) is 11.5 Å². The highest BCUT2D eigenvalue weighted by molar-refractivity contribution is 5.46. The Kier molecular flexibility index (Phi) is 5.29.